The van der Waals surface area contributed by atoms with Crippen LogP contribution in [0.2, 0.25) is 0 Å². The smallest absolute Gasteiger partial charge is 0.0632 e. The Labute approximate surface area is 93.2 Å². The first kappa shape index (κ1) is 12.9. The van der Waals surface area contributed by atoms with Gasteiger partial charge in [-0.15, -0.1) is 0 Å². The van der Waals surface area contributed by atoms with E-state index >= 15 is 0 Å². The van der Waals surface area contributed by atoms with Gasteiger partial charge in [0.15, 0.2) is 0 Å². The first-order valence-corrected chi connectivity index (χ1v) is 6.19. The van der Waals surface area contributed by atoms with Crippen molar-refractivity contribution in [2.45, 2.75) is 57.7 Å². The second-order valence-corrected chi connectivity index (χ2v) is 4.77. The van der Waals surface area contributed by atoms with Crippen molar-refractivity contribution >= 4 is 0 Å². The minimum Gasteiger partial charge on any atom is -0.390 e. The van der Waals surface area contributed by atoms with Gasteiger partial charge in [0.1, 0.15) is 0 Å². The fourth-order valence-electron chi connectivity index (χ4n) is 2.00. The molecule has 3 nitrogen and oxygen atoms in total. The summed E-state index contributed by atoms with van der Waals surface area (Å²) in [4.78, 5) is 0. The normalized spacial score (nSPS) is 25.4. The maximum atomic E-state index is 10.1. The lowest BCUT2D eigenvalue weighted by molar-refractivity contribution is 0.0191. The Bertz CT molecular complexity index is 165. The zero-order chi connectivity index (χ0) is 11.1. The van der Waals surface area contributed by atoms with E-state index in [-0.39, 0.29) is 0 Å². The number of nitrogens with one attached hydrogen (secondary N) is 1. The van der Waals surface area contributed by atoms with E-state index < -0.39 is 5.60 Å². The fourth-order valence-corrected chi connectivity index (χ4v) is 2.00. The van der Waals surface area contributed by atoms with Gasteiger partial charge in [0, 0.05) is 6.61 Å². The molecule has 1 fully saturated rings. The first-order valence-electron chi connectivity index (χ1n) is 6.19. The Kier molecular flexibility index (Phi) is 5.58. The van der Waals surface area contributed by atoms with Crippen LogP contribution >= 0.6 is 0 Å². The lowest BCUT2D eigenvalue weighted by atomic mass is 9.94. The summed E-state index contributed by atoms with van der Waals surface area (Å²) in [5.74, 6) is 0. The van der Waals surface area contributed by atoms with E-state index in [0.29, 0.717) is 6.10 Å². The Morgan fingerprint density at radius 3 is 2.87 bits per heavy atom. The molecule has 90 valence electrons. The second-order valence-electron chi connectivity index (χ2n) is 4.77. The van der Waals surface area contributed by atoms with E-state index in [0.717, 1.165) is 39.0 Å². The van der Waals surface area contributed by atoms with Crippen molar-refractivity contribution in [2.75, 3.05) is 19.7 Å². The van der Waals surface area contributed by atoms with Gasteiger partial charge < -0.3 is 15.2 Å². The van der Waals surface area contributed by atoms with Crippen LogP contribution in [-0.4, -0.2) is 36.5 Å². The van der Waals surface area contributed by atoms with Gasteiger partial charge >= 0.3 is 0 Å². The summed E-state index contributed by atoms with van der Waals surface area (Å²) >= 11 is 0. The molecule has 0 spiro atoms. The van der Waals surface area contributed by atoms with Gasteiger partial charge in [0.2, 0.25) is 0 Å². The third-order valence-electron chi connectivity index (χ3n) is 3.12. The van der Waals surface area contributed by atoms with E-state index in [4.69, 9.17) is 4.74 Å². The van der Waals surface area contributed by atoms with Gasteiger partial charge in [-0.1, -0.05) is 6.92 Å². The zero-order valence-corrected chi connectivity index (χ0v) is 10.1. The van der Waals surface area contributed by atoms with Crippen molar-refractivity contribution in [3.63, 3.8) is 0 Å². The van der Waals surface area contributed by atoms with Crippen LogP contribution in [0, 0.1) is 0 Å². The highest BCUT2D eigenvalue weighted by Gasteiger charge is 2.23. The SMILES string of the molecule is CCNCCC(C)(O)CCC1CCCO1. The maximum absolute atomic E-state index is 10.1. The molecule has 2 unspecified atom stereocenters. The molecule has 0 aromatic heterocycles. The van der Waals surface area contributed by atoms with E-state index in [1.807, 2.05) is 6.92 Å². The molecule has 0 amide bonds. The van der Waals surface area contributed by atoms with Gasteiger partial charge in [-0.05, 0) is 52.1 Å². The van der Waals surface area contributed by atoms with Crippen LogP contribution in [0.3, 0.4) is 0 Å². The van der Waals surface area contributed by atoms with Crippen molar-refractivity contribution in [3.05, 3.63) is 0 Å². The van der Waals surface area contributed by atoms with Gasteiger partial charge in [-0.25, -0.2) is 0 Å². The average Bonchev–Trinajstić information content (AvgIpc) is 2.68. The number of hydrogen-bond donors (Lipinski definition) is 2. The third-order valence-corrected chi connectivity index (χ3v) is 3.12. The number of hydrogen-bond acceptors (Lipinski definition) is 3. The summed E-state index contributed by atoms with van der Waals surface area (Å²) in [6.45, 7) is 6.79. The van der Waals surface area contributed by atoms with E-state index in [1.54, 1.807) is 0 Å². The lowest BCUT2D eigenvalue weighted by Crippen LogP contribution is -2.31. The van der Waals surface area contributed by atoms with Crippen LogP contribution in [0.4, 0.5) is 0 Å². The topological polar surface area (TPSA) is 41.5 Å². The number of aliphatic hydroxyl groups is 1. The molecule has 0 aliphatic carbocycles. The van der Waals surface area contributed by atoms with Gasteiger partial charge in [-0.2, -0.15) is 0 Å². The molecule has 1 heterocycles. The van der Waals surface area contributed by atoms with E-state index in [9.17, 15) is 5.11 Å². The first-order chi connectivity index (χ1) is 7.14. The van der Waals surface area contributed by atoms with Crippen LogP contribution in [0.1, 0.15) is 46.0 Å². The molecule has 1 rings (SSSR count). The predicted molar refractivity (Wildman–Crippen MR) is 62.0 cm³/mol. The lowest BCUT2D eigenvalue weighted by Gasteiger charge is -2.24. The zero-order valence-electron chi connectivity index (χ0n) is 10.1. The number of ether oxygens (including phenoxy) is 1. The summed E-state index contributed by atoms with van der Waals surface area (Å²) < 4.78 is 5.55. The van der Waals surface area contributed by atoms with Gasteiger partial charge in [0.05, 0.1) is 11.7 Å². The van der Waals surface area contributed by atoms with Gasteiger partial charge in [-0.3, -0.25) is 0 Å². The van der Waals surface area contributed by atoms with Crippen molar-refractivity contribution in [2.24, 2.45) is 0 Å². The maximum Gasteiger partial charge on any atom is 0.0632 e. The Morgan fingerprint density at radius 1 is 1.47 bits per heavy atom. The van der Waals surface area contributed by atoms with Crippen molar-refractivity contribution in [3.8, 4) is 0 Å². The molecule has 1 aliphatic rings. The Hall–Kier alpha value is -0.120. The molecule has 0 saturated carbocycles. The highest BCUT2D eigenvalue weighted by atomic mass is 16.5. The van der Waals surface area contributed by atoms with Crippen LogP contribution in [0.25, 0.3) is 0 Å². The van der Waals surface area contributed by atoms with Crippen molar-refractivity contribution < 1.29 is 9.84 Å². The molecule has 0 bridgehead atoms. The molecule has 2 atom stereocenters. The van der Waals surface area contributed by atoms with Crippen LogP contribution in [0.5, 0.6) is 0 Å². The van der Waals surface area contributed by atoms with Crippen LogP contribution in [0.15, 0.2) is 0 Å². The molecular formula is C12H25NO2. The monoisotopic (exact) mass is 215 g/mol. The van der Waals surface area contributed by atoms with Crippen LogP contribution < -0.4 is 5.32 Å². The summed E-state index contributed by atoms with van der Waals surface area (Å²) in [5, 5.41) is 13.3. The largest absolute Gasteiger partial charge is 0.390 e. The summed E-state index contributed by atoms with van der Waals surface area (Å²) in [7, 11) is 0. The fraction of sp³-hybridized carbons (Fsp3) is 1.00. The molecule has 1 saturated heterocycles. The van der Waals surface area contributed by atoms with E-state index in [2.05, 4.69) is 12.2 Å². The number of rotatable bonds is 7. The van der Waals surface area contributed by atoms with Gasteiger partial charge in [0.25, 0.3) is 0 Å². The van der Waals surface area contributed by atoms with Crippen molar-refractivity contribution in [1.82, 2.24) is 5.32 Å². The molecule has 3 heteroatoms. The molecular weight excluding hydrogens is 190 g/mol. The van der Waals surface area contributed by atoms with Crippen molar-refractivity contribution in [1.29, 1.82) is 0 Å². The summed E-state index contributed by atoms with van der Waals surface area (Å²) in [6.07, 6.45) is 5.43. The highest BCUT2D eigenvalue weighted by molar-refractivity contribution is 4.76. The summed E-state index contributed by atoms with van der Waals surface area (Å²) in [6, 6.07) is 0. The molecule has 15 heavy (non-hydrogen) atoms. The Balaban J connectivity index is 2.10. The minimum absolute atomic E-state index is 0.399. The third kappa shape index (κ3) is 5.50. The average molecular weight is 215 g/mol. The quantitative estimate of drug-likeness (QED) is 0.635. The highest BCUT2D eigenvalue weighted by Crippen LogP contribution is 2.23. The molecule has 0 aromatic rings. The van der Waals surface area contributed by atoms with Crippen LogP contribution in [-0.2, 0) is 4.74 Å². The summed E-state index contributed by atoms with van der Waals surface area (Å²) in [5.41, 5.74) is -0.534. The second kappa shape index (κ2) is 6.46. The molecule has 2 N–H and O–H groups in total. The predicted octanol–water partition coefficient (Wildman–Crippen LogP) is 1.70. The standard InChI is InChI=1S/C12H25NO2/c1-3-13-9-8-12(2,14)7-6-11-5-4-10-15-11/h11,13-14H,3-10H2,1-2H3. The van der Waals surface area contributed by atoms with E-state index in [1.165, 1.54) is 12.8 Å². The molecule has 1 aliphatic heterocycles. The molecule has 0 aromatic carbocycles. The minimum atomic E-state index is -0.534. The molecule has 0 radical (unpaired) electrons. The Morgan fingerprint density at radius 2 is 2.27 bits per heavy atom.